The summed E-state index contributed by atoms with van der Waals surface area (Å²) in [4.78, 5) is 31.1. The fourth-order valence-electron chi connectivity index (χ4n) is 5.68. The summed E-state index contributed by atoms with van der Waals surface area (Å²) in [6.45, 7) is 7.49. The molecule has 1 aromatic heterocycles. The van der Waals surface area contributed by atoms with Gasteiger partial charge in [0.15, 0.2) is 0 Å². The molecule has 1 unspecified atom stereocenters. The molecule has 0 bridgehead atoms. The number of hydrogen-bond acceptors (Lipinski definition) is 5. The van der Waals surface area contributed by atoms with E-state index in [9.17, 15) is 9.59 Å². The molecule has 30 heavy (non-hydrogen) atoms. The molecule has 166 valence electrons. The molecule has 7 nitrogen and oxygen atoms in total. The molecule has 0 N–H and O–H groups in total. The standard InChI is InChI=1S/C23H35N3O4/c1-17-19(18(2)30-24-17)7-8-20(27)26-14-6-9-23(10-15-29-16-11-23)21(26)22(28)25-12-4-3-5-13-25/h21H,3-16H2,1-2H3. The van der Waals surface area contributed by atoms with E-state index in [1.54, 1.807) is 0 Å². The minimum Gasteiger partial charge on any atom is -0.381 e. The second kappa shape index (κ2) is 9.08. The van der Waals surface area contributed by atoms with Crippen LogP contribution in [0.2, 0.25) is 0 Å². The third-order valence-electron chi connectivity index (χ3n) is 7.45. The summed E-state index contributed by atoms with van der Waals surface area (Å²) in [5.74, 6) is 1.03. The zero-order chi connectivity index (χ0) is 21.1. The Morgan fingerprint density at radius 2 is 1.77 bits per heavy atom. The Morgan fingerprint density at radius 3 is 2.43 bits per heavy atom. The number of rotatable bonds is 4. The third-order valence-corrected chi connectivity index (χ3v) is 7.45. The number of amides is 2. The summed E-state index contributed by atoms with van der Waals surface area (Å²) in [5.41, 5.74) is 1.73. The lowest BCUT2D eigenvalue weighted by atomic mass is 9.67. The van der Waals surface area contributed by atoms with E-state index in [0.29, 0.717) is 32.6 Å². The van der Waals surface area contributed by atoms with E-state index in [4.69, 9.17) is 9.26 Å². The van der Waals surface area contributed by atoms with Gasteiger partial charge < -0.3 is 19.1 Å². The lowest BCUT2D eigenvalue weighted by Gasteiger charge is -2.52. The van der Waals surface area contributed by atoms with E-state index in [0.717, 1.165) is 68.6 Å². The normalized spacial score (nSPS) is 24.3. The van der Waals surface area contributed by atoms with E-state index in [1.807, 2.05) is 23.6 Å². The van der Waals surface area contributed by atoms with Crippen molar-refractivity contribution in [3.63, 3.8) is 0 Å². The van der Waals surface area contributed by atoms with E-state index < -0.39 is 0 Å². The minimum absolute atomic E-state index is 0.0796. The molecule has 0 radical (unpaired) electrons. The first-order valence-corrected chi connectivity index (χ1v) is 11.6. The molecule has 2 amide bonds. The lowest BCUT2D eigenvalue weighted by Crippen LogP contribution is -2.63. The topological polar surface area (TPSA) is 75.9 Å². The Labute approximate surface area is 179 Å². The average molecular weight is 418 g/mol. The quantitative estimate of drug-likeness (QED) is 0.753. The highest BCUT2D eigenvalue weighted by molar-refractivity contribution is 5.89. The smallest absolute Gasteiger partial charge is 0.245 e. The van der Waals surface area contributed by atoms with Gasteiger partial charge in [-0.1, -0.05) is 5.16 Å². The molecule has 1 aromatic rings. The fourth-order valence-corrected chi connectivity index (χ4v) is 5.68. The van der Waals surface area contributed by atoms with Crippen molar-refractivity contribution in [2.45, 2.75) is 77.7 Å². The first kappa shape index (κ1) is 21.3. The maximum absolute atomic E-state index is 13.7. The molecule has 7 heteroatoms. The number of ether oxygens (including phenoxy) is 1. The summed E-state index contributed by atoms with van der Waals surface area (Å²) in [6.07, 6.45) is 8.01. The van der Waals surface area contributed by atoms with Crippen LogP contribution >= 0.6 is 0 Å². The number of hydrogen-bond donors (Lipinski definition) is 0. The SMILES string of the molecule is Cc1noc(C)c1CCC(=O)N1CCCC2(CCOCC2)C1C(=O)N1CCCCC1. The summed E-state index contributed by atoms with van der Waals surface area (Å²) < 4.78 is 10.9. The minimum atomic E-state index is -0.342. The second-order valence-corrected chi connectivity index (χ2v) is 9.26. The number of likely N-dealkylation sites (tertiary alicyclic amines) is 2. The maximum Gasteiger partial charge on any atom is 0.245 e. The zero-order valence-corrected chi connectivity index (χ0v) is 18.5. The Morgan fingerprint density at radius 1 is 1.03 bits per heavy atom. The van der Waals surface area contributed by atoms with Gasteiger partial charge in [-0.25, -0.2) is 0 Å². The van der Waals surface area contributed by atoms with Crippen molar-refractivity contribution in [1.29, 1.82) is 0 Å². The van der Waals surface area contributed by atoms with Crippen molar-refractivity contribution in [2.24, 2.45) is 5.41 Å². The van der Waals surface area contributed by atoms with E-state index >= 15 is 0 Å². The van der Waals surface area contributed by atoms with E-state index in [-0.39, 0.29) is 23.3 Å². The van der Waals surface area contributed by atoms with Gasteiger partial charge in [-0.3, -0.25) is 9.59 Å². The van der Waals surface area contributed by atoms with Crippen LogP contribution in [0, 0.1) is 19.3 Å². The van der Waals surface area contributed by atoms with Crippen LogP contribution in [-0.4, -0.2) is 65.7 Å². The van der Waals surface area contributed by atoms with Crippen molar-refractivity contribution in [2.75, 3.05) is 32.8 Å². The third kappa shape index (κ3) is 4.13. The molecule has 4 heterocycles. The molecule has 0 saturated carbocycles. The second-order valence-electron chi connectivity index (χ2n) is 9.26. The molecule has 3 fully saturated rings. The highest BCUT2D eigenvalue weighted by Gasteiger charge is 2.51. The number of carbonyl (C=O) groups is 2. The molecule has 1 atom stereocenters. The Hall–Kier alpha value is -1.89. The molecular formula is C23H35N3O4. The van der Waals surface area contributed by atoms with Gasteiger partial charge in [0.05, 0.1) is 5.69 Å². The van der Waals surface area contributed by atoms with Gasteiger partial charge in [-0.2, -0.15) is 0 Å². The molecule has 3 aliphatic heterocycles. The molecule has 0 aliphatic carbocycles. The maximum atomic E-state index is 13.7. The number of piperidine rings is 2. The predicted octanol–water partition coefficient (Wildman–Crippen LogP) is 3.02. The van der Waals surface area contributed by atoms with Crippen molar-refractivity contribution in [1.82, 2.24) is 15.0 Å². The van der Waals surface area contributed by atoms with Gasteiger partial charge in [0.1, 0.15) is 11.8 Å². The first-order valence-electron chi connectivity index (χ1n) is 11.6. The van der Waals surface area contributed by atoms with E-state index in [1.165, 1.54) is 6.42 Å². The Bertz CT molecular complexity index is 737. The van der Waals surface area contributed by atoms with Gasteiger partial charge in [-0.05, 0) is 65.2 Å². The van der Waals surface area contributed by atoms with Crippen LogP contribution in [0.3, 0.4) is 0 Å². The summed E-state index contributed by atoms with van der Waals surface area (Å²) in [7, 11) is 0. The Kier molecular flexibility index (Phi) is 6.46. The molecule has 0 aromatic carbocycles. The van der Waals surface area contributed by atoms with Crippen molar-refractivity contribution in [3.8, 4) is 0 Å². The largest absolute Gasteiger partial charge is 0.381 e. The first-order chi connectivity index (χ1) is 14.5. The van der Waals surface area contributed by atoms with Crippen LogP contribution in [0.1, 0.15) is 68.4 Å². The zero-order valence-electron chi connectivity index (χ0n) is 18.5. The summed E-state index contributed by atoms with van der Waals surface area (Å²) in [5, 5.41) is 4.00. The molecule has 4 rings (SSSR count). The van der Waals surface area contributed by atoms with Crippen molar-refractivity contribution >= 4 is 11.8 Å². The number of nitrogens with zero attached hydrogens (tertiary/aromatic N) is 3. The average Bonchev–Trinajstić information content (AvgIpc) is 3.10. The highest BCUT2D eigenvalue weighted by Crippen LogP contribution is 2.45. The number of aromatic nitrogens is 1. The molecule has 1 spiro atoms. The molecular weight excluding hydrogens is 382 g/mol. The fraction of sp³-hybridized carbons (Fsp3) is 0.783. The van der Waals surface area contributed by atoms with Gasteiger partial charge in [0.2, 0.25) is 11.8 Å². The van der Waals surface area contributed by atoms with Gasteiger partial charge in [0, 0.05) is 50.2 Å². The predicted molar refractivity (Wildman–Crippen MR) is 112 cm³/mol. The number of carbonyl (C=O) groups excluding carboxylic acids is 2. The number of aryl methyl sites for hydroxylation is 2. The van der Waals surface area contributed by atoms with Crippen LogP contribution in [0.5, 0.6) is 0 Å². The Balaban J connectivity index is 1.55. The van der Waals surface area contributed by atoms with E-state index in [2.05, 4.69) is 5.16 Å². The van der Waals surface area contributed by atoms with Crippen LogP contribution in [0.15, 0.2) is 4.52 Å². The lowest BCUT2D eigenvalue weighted by molar-refractivity contribution is -0.161. The van der Waals surface area contributed by atoms with Crippen LogP contribution < -0.4 is 0 Å². The summed E-state index contributed by atoms with van der Waals surface area (Å²) >= 11 is 0. The summed E-state index contributed by atoms with van der Waals surface area (Å²) in [6, 6.07) is -0.342. The highest BCUT2D eigenvalue weighted by atomic mass is 16.5. The van der Waals surface area contributed by atoms with Gasteiger partial charge >= 0.3 is 0 Å². The van der Waals surface area contributed by atoms with Crippen molar-refractivity contribution in [3.05, 3.63) is 17.0 Å². The molecule has 3 aliphatic rings. The van der Waals surface area contributed by atoms with Crippen LogP contribution in [0.25, 0.3) is 0 Å². The van der Waals surface area contributed by atoms with Crippen LogP contribution in [-0.2, 0) is 20.7 Å². The van der Waals surface area contributed by atoms with Crippen molar-refractivity contribution < 1.29 is 18.8 Å². The molecule has 3 saturated heterocycles. The van der Waals surface area contributed by atoms with Crippen LogP contribution in [0.4, 0.5) is 0 Å². The monoisotopic (exact) mass is 417 g/mol. The van der Waals surface area contributed by atoms with Gasteiger partial charge in [0.25, 0.3) is 0 Å². The van der Waals surface area contributed by atoms with Gasteiger partial charge in [-0.15, -0.1) is 0 Å².